The van der Waals surface area contributed by atoms with Gasteiger partial charge in [-0.25, -0.2) is 9.89 Å². The maximum atomic E-state index is 11.0. The molecule has 1 aliphatic rings. The average molecular weight is 169 g/mol. The Morgan fingerprint density at radius 2 is 2.50 bits per heavy atom. The maximum Gasteiger partial charge on any atom is 0.343 e. The van der Waals surface area contributed by atoms with Gasteiger partial charge in [0.05, 0.1) is 12.1 Å². The number of hydrogen-bond donors (Lipinski definition) is 2. The Balaban J connectivity index is 2.13. The van der Waals surface area contributed by atoms with Gasteiger partial charge >= 0.3 is 5.69 Å². The van der Waals surface area contributed by atoms with Crippen LogP contribution in [0.4, 0.5) is 0 Å². The van der Waals surface area contributed by atoms with Crippen molar-refractivity contribution in [2.75, 3.05) is 0 Å². The summed E-state index contributed by atoms with van der Waals surface area (Å²) in [4.78, 5) is 11.0. The topological polar surface area (TPSA) is 70.9 Å². The molecule has 2 N–H and O–H groups in total. The van der Waals surface area contributed by atoms with Crippen LogP contribution in [0.2, 0.25) is 0 Å². The van der Waals surface area contributed by atoms with Gasteiger partial charge in [0.2, 0.25) is 0 Å². The highest BCUT2D eigenvalue weighted by Gasteiger charge is 2.35. The Morgan fingerprint density at radius 1 is 1.75 bits per heavy atom. The molecule has 0 aliphatic heterocycles. The first kappa shape index (κ1) is 7.54. The molecule has 1 aromatic rings. The van der Waals surface area contributed by atoms with Crippen molar-refractivity contribution in [2.45, 2.75) is 31.4 Å². The first-order chi connectivity index (χ1) is 5.70. The summed E-state index contributed by atoms with van der Waals surface area (Å²) in [7, 11) is 0. The van der Waals surface area contributed by atoms with Gasteiger partial charge in [-0.2, -0.15) is 5.10 Å². The normalized spacial score (nSPS) is 20.4. The molecule has 0 unspecified atom stereocenters. The van der Waals surface area contributed by atoms with Gasteiger partial charge in [0.1, 0.15) is 6.33 Å². The number of rotatable bonds is 2. The summed E-state index contributed by atoms with van der Waals surface area (Å²) in [6, 6.07) is 0. The van der Waals surface area contributed by atoms with Gasteiger partial charge in [-0.15, -0.1) is 0 Å². The molecule has 12 heavy (non-hydrogen) atoms. The number of H-pyrrole nitrogens is 1. The SMILES string of the molecule is O=c1[nH]ncn1CC1(O)CCC1. The fourth-order valence-electron chi connectivity index (χ4n) is 1.44. The van der Waals surface area contributed by atoms with E-state index in [1.54, 1.807) is 0 Å². The second kappa shape index (κ2) is 2.45. The summed E-state index contributed by atoms with van der Waals surface area (Å²) in [6.45, 7) is 0.363. The van der Waals surface area contributed by atoms with Crippen molar-refractivity contribution in [3.8, 4) is 0 Å². The van der Waals surface area contributed by atoms with Crippen LogP contribution < -0.4 is 5.69 Å². The minimum Gasteiger partial charge on any atom is -0.388 e. The lowest BCUT2D eigenvalue weighted by molar-refractivity contribution is -0.0480. The molecule has 1 fully saturated rings. The summed E-state index contributed by atoms with van der Waals surface area (Å²) in [5.74, 6) is 0. The minimum absolute atomic E-state index is 0.254. The van der Waals surface area contributed by atoms with Gasteiger partial charge in [-0.1, -0.05) is 0 Å². The molecule has 2 rings (SSSR count). The van der Waals surface area contributed by atoms with E-state index in [1.165, 1.54) is 10.9 Å². The van der Waals surface area contributed by atoms with E-state index in [0.29, 0.717) is 6.54 Å². The van der Waals surface area contributed by atoms with Crippen molar-refractivity contribution in [1.82, 2.24) is 14.8 Å². The van der Waals surface area contributed by atoms with E-state index >= 15 is 0 Å². The molecule has 0 atom stereocenters. The number of hydrogen-bond acceptors (Lipinski definition) is 3. The Labute approximate surface area is 69.0 Å². The predicted octanol–water partition coefficient (Wildman–Crippen LogP) is -0.514. The summed E-state index contributed by atoms with van der Waals surface area (Å²) in [6.07, 6.45) is 4.02. The van der Waals surface area contributed by atoms with E-state index in [4.69, 9.17) is 0 Å². The molecule has 0 saturated heterocycles. The highest BCUT2D eigenvalue weighted by Crippen LogP contribution is 2.32. The fraction of sp³-hybridized carbons (Fsp3) is 0.714. The third kappa shape index (κ3) is 1.16. The number of aromatic nitrogens is 3. The Kier molecular flexibility index (Phi) is 1.54. The third-order valence-electron chi connectivity index (χ3n) is 2.37. The lowest BCUT2D eigenvalue weighted by Gasteiger charge is -2.36. The highest BCUT2D eigenvalue weighted by molar-refractivity contribution is 4.88. The van der Waals surface area contributed by atoms with Crippen LogP contribution in [0.25, 0.3) is 0 Å². The van der Waals surface area contributed by atoms with Gasteiger partial charge in [0.25, 0.3) is 0 Å². The maximum absolute atomic E-state index is 11.0. The molecule has 1 aliphatic carbocycles. The van der Waals surface area contributed by atoms with Crippen LogP contribution in [0.1, 0.15) is 19.3 Å². The summed E-state index contributed by atoms with van der Waals surface area (Å²) < 4.78 is 1.40. The van der Waals surface area contributed by atoms with Crippen molar-refractivity contribution in [3.05, 3.63) is 16.8 Å². The highest BCUT2D eigenvalue weighted by atomic mass is 16.3. The standard InChI is InChI=1S/C7H11N3O2/c11-6-9-8-5-10(6)4-7(12)2-1-3-7/h5,12H,1-4H2,(H,9,11). The van der Waals surface area contributed by atoms with Crippen LogP contribution in [0.3, 0.4) is 0 Å². The van der Waals surface area contributed by atoms with Crippen LogP contribution in [-0.2, 0) is 6.54 Å². The zero-order valence-electron chi connectivity index (χ0n) is 6.66. The van der Waals surface area contributed by atoms with Crippen molar-refractivity contribution in [2.24, 2.45) is 0 Å². The van der Waals surface area contributed by atoms with E-state index in [-0.39, 0.29) is 5.69 Å². The van der Waals surface area contributed by atoms with Gasteiger partial charge in [0.15, 0.2) is 0 Å². The van der Waals surface area contributed by atoms with Crippen LogP contribution in [-0.4, -0.2) is 25.5 Å². The first-order valence-electron chi connectivity index (χ1n) is 4.02. The van der Waals surface area contributed by atoms with Crippen molar-refractivity contribution >= 4 is 0 Å². The predicted molar refractivity (Wildman–Crippen MR) is 41.6 cm³/mol. The molecule has 0 aromatic carbocycles. The first-order valence-corrected chi connectivity index (χ1v) is 4.02. The smallest absolute Gasteiger partial charge is 0.343 e. The lowest BCUT2D eigenvalue weighted by atomic mass is 9.80. The number of aliphatic hydroxyl groups is 1. The van der Waals surface area contributed by atoms with Gasteiger partial charge in [-0.05, 0) is 19.3 Å². The van der Waals surface area contributed by atoms with Gasteiger partial charge < -0.3 is 5.11 Å². The molecule has 1 saturated carbocycles. The molecular formula is C7H11N3O2. The molecule has 1 aromatic heterocycles. The van der Waals surface area contributed by atoms with Gasteiger partial charge in [0, 0.05) is 0 Å². The Morgan fingerprint density at radius 3 is 2.92 bits per heavy atom. The number of nitrogens with zero attached hydrogens (tertiary/aromatic N) is 2. The lowest BCUT2D eigenvalue weighted by Crippen LogP contribution is -2.43. The summed E-state index contributed by atoms with van der Waals surface area (Å²) in [5.41, 5.74) is -0.913. The molecular weight excluding hydrogens is 158 g/mol. The molecule has 0 radical (unpaired) electrons. The molecule has 0 spiro atoms. The zero-order valence-corrected chi connectivity index (χ0v) is 6.66. The molecule has 0 amide bonds. The van der Waals surface area contributed by atoms with Crippen molar-refractivity contribution in [3.63, 3.8) is 0 Å². The van der Waals surface area contributed by atoms with Crippen LogP contribution in [0.15, 0.2) is 11.1 Å². The molecule has 5 nitrogen and oxygen atoms in total. The van der Waals surface area contributed by atoms with Crippen LogP contribution in [0.5, 0.6) is 0 Å². The average Bonchev–Trinajstić information content (AvgIpc) is 2.34. The number of nitrogens with one attached hydrogen (secondary N) is 1. The van der Waals surface area contributed by atoms with Gasteiger partial charge in [-0.3, -0.25) is 4.57 Å². The second-order valence-corrected chi connectivity index (χ2v) is 3.37. The molecule has 5 heteroatoms. The Hall–Kier alpha value is -1.10. The molecule has 0 bridgehead atoms. The largest absolute Gasteiger partial charge is 0.388 e. The molecule has 66 valence electrons. The van der Waals surface area contributed by atoms with E-state index in [2.05, 4.69) is 10.2 Å². The van der Waals surface area contributed by atoms with Crippen molar-refractivity contribution < 1.29 is 5.11 Å². The quantitative estimate of drug-likeness (QED) is 0.626. The zero-order chi connectivity index (χ0) is 8.60. The second-order valence-electron chi connectivity index (χ2n) is 3.37. The van der Waals surface area contributed by atoms with E-state index in [0.717, 1.165) is 19.3 Å². The summed E-state index contributed by atoms with van der Waals surface area (Å²) >= 11 is 0. The Bertz CT molecular complexity index is 323. The number of aromatic amines is 1. The van der Waals surface area contributed by atoms with Crippen LogP contribution in [0, 0.1) is 0 Å². The minimum atomic E-state index is -0.659. The summed E-state index contributed by atoms with van der Waals surface area (Å²) in [5, 5.41) is 15.6. The van der Waals surface area contributed by atoms with Crippen molar-refractivity contribution in [1.29, 1.82) is 0 Å². The van der Waals surface area contributed by atoms with Crippen LogP contribution >= 0.6 is 0 Å². The van der Waals surface area contributed by atoms with E-state index < -0.39 is 5.60 Å². The molecule has 1 heterocycles. The van der Waals surface area contributed by atoms with E-state index in [9.17, 15) is 9.90 Å². The monoisotopic (exact) mass is 169 g/mol. The third-order valence-corrected chi connectivity index (χ3v) is 2.37. The van der Waals surface area contributed by atoms with E-state index in [1.807, 2.05) is 0 Å². The fourth-order valence-corrected chi connectivity index (χ4v) is 1.44.